The number of aromatic nitrogens is 2. The average molecular weight is 426 g/mol. The Kier molecular flexibility index (Phi) is 5.00. The van der Waals surface area contributed by atoms with Crippen LogP contribution in [0.1, 0.15) is 25.0 Å². The lowest BCUT2D eigenvalue weighted by Gasteiger charge is -2.38. The molecule has 0 atom stereocenters. The third-order valence-corrected chi connectivity index (χ3v) is 6.98. The first-order valence-corrected chi connectivity index (χ1v) is 11.2. The zero-order chi connectivity index (χ0) is 20.7. The number of carbonyl (C=O) groups excluding carboxylic acids is 1. The van der Waals surface area contributed by atoms with Crippen LogP contribution in [0.15, 0.2) is 35.8 Å². The Bertz CT molecular complexity index is 1080. The van der Waals surface area contributed by atoms with Crippen molar-refractivity contribution < 1.29 is 9.72 Å². The monoisotopic (exact) mass is 425 g/mol. The minimum Gasteiger partial charge on any atom is -0.340 e. The predicted molar refractivity (Wildman–Crippen MR) is 114 cm³/mol. The molecule has 0 unspecified atom stereocenters. The first-order chi connectivity index (χ1) is 14.6. The zero-order valence-corrected chi connectivity index (χ0v) is 17.4. The summed E-state index contributed by atoms with van der Waals surface area (Å²) >= 11 is 1.58. The van der Waals surface area contributed by atoms with Crippen molar-refractivity contribution in [3.8, 4) is 11.3 Å². The van der Waals surface area contributed by atoms with E-state index in [0.717, 1.165) is 67.5 Å². The molecule has 5 rings (SSSR count). The van der Waals surface area contributed by atoms with Crippen LogP contribution in [0.4, 0.5) is 5.69 Å². The van der Waals surface area contributed by atoms with E-state index in [4.69, 9.17) is 4.98 Å². The smallest absolute Gasteiger partial charge is 0.269 e. The highest BCUT2D eigenvalue weighted by atomic mass is 32.1. The molecule has 1 saturated heterocycles. The number of non-ortho nitro benzene ring substituents is 1. The molecule has 1 aliphatic heterocycles. The average Bonchev–Trinajstić information content (AvgIpc) is 3.30. The fourth-order valence-corrected chi connectivity index (χ4v) is 4.94. The second-order valence-corrected chi connectivity index (χ2v) is 8.87. The van der Waals surface area contributed by atoms with Crippen molar-refractivity contribution in [3.63, 3.8) is 0 Å². The van der Waals surface area contributed by atoms with Crippen molar-refractivity contribution >= 4 is 27.9 Å². The number of nitrogens with zero attached hydrogens (tertiary/aromatic N) is 5. The third kappa shape index (κ3) is 3.48. The van der Waals surface area contributed by atoms with Crippen molar-refractivity contribution in [1.82, 2.24) is 19.2 Å². The van der Waals surface area contributed by atoms with Gasteiger partial charge in [-0.3, -0.25) is 24.2 Å². The molecular weight excluding hydrogens is 402 g/mol. The van der Waals surface area contributed by atoms with E-state index < -0.39 is 0 Å². The minimum absolute atomic E-state index is 0.0774. The third-order valence-electron chi connectivity index (χ3n) is 6.22. The van der Waals surface area contributed by atoms with Gasteiger partial charge >= 0.3 is 0 Å². The molecular formula is C21H23N5O3S. The van der Waals surface area contributed by atoms with Crippen molar-refractivity contribution in [2.75, 3.05) is 26.2 Å². The van der Waals surface area contributed by atoms with E-state index in [9.17, 15) is 14.9 Å². The van der Waals surface area contributed by atoms with Gasteiger partial charge in [-0.2, -0.15) is 0 Å². The lowest BCUT2D eigenvalue weighted by atomic mass is 9.84. The summed E-state index contributed by atoms with van der Waals surface area (Å²) < 4.78 is 2.10. The van der Waals surface area contributed by atoms with Gasteiger partial charge in [-0.05, 0) is 25.0 Å². The summed E-state index contributed by atoms with van der Waals surface area (Å²) in [7, 11) is 0. The molecule has 0 N–H and O–H groups in total. The molecule has 2 aliphatic rings. The van der Waals surface area contributed by atoms with Gasteiger partial charge in [0.15, 0.2) is 4.96 Å². The first kappa shape index (κ1) is 19.2. The molecule has 3 aromatic rings. The number of imidazole rings is 1. The van der Waals surface area contributed by atoms with E-state index >= 15 is 0 Å². The summed E-state index contributed by atoms with van der Waals surface area (Å²) in [5.74, 6) is 0.586. The lowest BCUT2D eigenvalue weighted by Crippen LogP contribution is -2.50. The second kappa shape index (κ2) is 7.81. The molecule has 156 valence electrons. The van der Waals surface area contributed by atoms with Crippen molar-refractivity contribution in [2.45, 2.75) is 25.8 Å². The van der Waals surface area contributed by atoms with Gasteiger partial charge in [0.25, 0.3) is 5.69 Å². The summed E-state index contributed by atoms with van der Waals surface area (Å²) in [6.45, 7) is 3.96. The van der Waals surface area contributed by atoms with Crippen LogP contribution in [-0.2, 0) is 11.3 Å². The molecule has 1 saturated carbocycles. The fraction of sp³-hybridized carbons (Fsp3) is 0.429. The molecule has 0 bridgehead atoms. The number of benzene rings is 1. The Balaban J connectivity index is 1.34. The van der Waals surface area contributed by atoms with Gasteiger partial charge in [-0.25, -0.2) is 4.98 Å². The highest BCUT2D eigenvalue weighted by Crippen LogP contribution is 2.30. The van der Waals surface area contributed by atoms with Gasteiger partial charge in [0.1, 0.15) is 0 Å². The number of carbonyl (C=O) groups is 1. The van der Waals surface area contributed by atoms with Crippen LogP contribution < -0.4 is 0 Å². The van der Waals surface area contributed by atoms with E-state index in [-0.39, 0.29) is 16.5 Å². The second-order valence-electron chi connectivity index (χ2n) is 8.00. The van der Waals surface area contributed by atoms with Gasteiger partial charge in [0.2, 0.25) is 5.91 Å². The van der Waals surface area contributed by atoms with Crippen molar-refractivity contribution in [3.05, 3.63) is 51.7 Å². The van der Waals surface area contributed by atoms with Crippen LogP contribution >= 0.6 is 11.3 Å². The van der Waals surface area contributed by atoms with Crippen LogP contribution in [0.2, 0.25) is 0 Å². The summed E-state index contributed by atoms with van der Waals surface area (Å²) in [6.07, 6.45) is 5.29. The fourth-order valence-electron chi connectivity index (χ4n) is 4.21. The summed E-state index contributed by atoms with van der Waals surface area (Å²) in [5.41, 5.74) is 2.91. The Morgan fingerprint density at radius 2 is 1.90 bits per heavy atom. The van der Waals surface area contributed by atoms with Gasteiger partial charge < -0.3 is 4.90 Å². The number of piperazine rings is 1. The molecule has 3 heterocycles. The van der Waals surface area contributed by atoms with E-state index in [2.05, 4.69) is 9.30 Å². The van der Waals surface area contributed by atoms with E-state index in [1.54, 1.807) is 23.5 Å². The lowest BCUT2D eigenvalue weighted by molar-refractivity contribution is -0.384. The number of fused-ring (bicyclic) bond motifs is 1. The molecule has 1 aromatic carbocycles. The summed E-state index contributed by atoms with van der Waals surface area (Å²) in [4.78, 5) is 33.2. The number of amides is 1. The standard InChI is InChI=1S/C21H23N5O3S/c27-20(16-2-1-3-16)24-10-8-23(9-11-24)14-18-19(22-21-25(18)12-13-30-21)15-4-6-17(7-5-15)26(28)29/h4-7,12-13,16H,1-3,8-11,14H2. The maximum atomic E-state index is 12.5. The van der Waals surface area contributed by atoms with E-state index in [1.165, 1.54) is 18.6 Å². The molecule has 1 amide bonds. The van der Waals surface area contributed by atoms with Gasteiger partial charge in [0.05, 0.1) is 16.3 Å². The largest absolute Gasteiger partial charge is 0.340 e. The van der Waals surface area contributed by atoms with E-state index in [0.29, 0.717) is 5.91 Å². The molecule has 30 heavy (non-hydrogen) atoms. The van der Waals surface area contributed by atoms with Crippen LogP contribution in [0.5, 0.6) is 0 Å². The molecule has 0 radical (unpaired) electrons. The maximum Gasteiger partial charge on any atom is 0.269 e. The van der Waals surface area contributed by atoms with Gasteiger partial charge in [-0.1, -0.05) is 6.42 Å². The predicted octanol–water partition coefficient (Wildman–Crippen LogP) is 3.42. The first-order valence-electron chi connectivity index (χ1n) is 10.3. The number of rotatable bonds is 5. The van der Waals surface area contributed by atoms with Crippen LogP contribution in [-0.4, -0.2) is 56.2 Å². The summed E-state index contributed by atoms with van der Waals surface area (Å²) in [5, 5.41) is 13.0. The van der Waals surface area contributed by atoms with Crippen molar-refractivity contribution in [2.24, 2.45) is 5.92 Å². The van der Waals surface area contributed by atoms with Gasteiger partial charge in [0, 0.05) is 67.9 Å². The quantitative estimate of drug-likeness (QED) is 0.462. The highest BCUT2D eigenvalue weighted by Gasteiger charge is 2.31. The number of thiazole rings is 1. The molecule has 2 aromatic heterocycles. The number of nitro groups is 1. The maximum absolute atomic E-state index is 12.5. The summed E-state index contributed by atoms with van der Waals surface area (Å²) in [6, 6.07) is 6.58. The minimum atomic E-state index is -0.388. The molecule has 0 spiro atoms. The number of hydrogen-bond acceptors (Lipinski definition) is 6. The zero-order valence-electron chi connectivity index (χ0n) is 16.6. The van der Waals surface area contributed by atoms with Crippen LogP contribution in [0, 0.1) is 16.0 Å². The van der Waals surface area contributed by atoms with Crippen molar-refractivity contribution in [1.29, 1.82) is 0 Å². The Hall–Kier alpha value is -2.78. The van der Waals surface area contributed by atoms with Gasteiger partial charge in [-0.15, -0.1) is 11.3 Å². The molecule has 2 fully saturated rings. The molecule has 1 aliphatic carbocycles. The topological polar surface area (TPSA) is 84.0 Å². The Morgan fingerprint density at radius 3 is 2.53 bits per heavy atom. The molecule has 9 heteroatoms. The Labute approximate surface area is 177 Å². The highest BCUT2D eigenvalue weighted by molar-refractivity contribution is 7.15. The Morgan fingerprint density at radius 1 is 1.17 bits per heavy atom. The van der Waals surface area contributed by atoms with E-state index in [1.807, 2.05) is 16.5 Å². The number of hydrogen-bond donors (Lipinski definition) is 0. The van der Waals surface area contributed by atoms with Crippen LogP contribution in [0.3, 0.4) is 0 Å². The van der Waals surface area contributed by atoms with Crippen LogP contribution in [0.25, 0.3) is 16.2 Å². The SMILES string of the molecule is O=C(C1CCC1)N1CCN(Cc2c(-c3ccc([N+](=O)[O-])cc3)nc3sccn23)CC1. The molecule has 8 nitrogen and oxygen atoms in total. The number of nitro benzene ring substituents is 1. The normalized spacial score (nSPS) is 17.9.